The van der Waals surface area contributed by atoms with Crippen LogP contribution in [0.2, 0.25) is 0 Å². The van der Waals surface area contributed by atoms with Crippen molar-refractivity contribution in [3.63, 3.8) is 0 Å². The van der Waals surface area contributed by atoms with E-state index in [1.165, 1.54) is 16.7 Å². The third kappa shape index (κ3) is 2.51. The number of imide groups is 1. The largest absolute Gasteiger partial charge is 0.303 e. The topological polar surface area (TPSA) is 68.1 Å². The Morgan fingerprint density at radius 1 is 1.42 bits per heavy atom. The molecule has 2 fully saturated rings. The molecule has 2 aliphatic rings. The molecule has 0 unspecified atom stereocenters. The number of thioether (sulfide) groups is 1. The van der Waals surface area contributed by atoms with E-state index >= 15 is 0 Å². The molecule has 0 spiro atoms. The van der Waals surface area contributed by atoms with Gasteiger partial charge < -0.3 is 4.57 Å². The fourth-order valence-electron chi connectivity index (χ4n) is 2.32. The van der Waals surface area contributed by atoms with Crippen molar-refractivity contribution in [1.82, 2.24) is 19.7 Å². The molecule has 7 heteroatoms. The van der Waals surface area contributed by atoms with Crippen molar-refractivity contribution in [3.05, 3.63) is 5.82 Å². The van der Waals surface area contributed by atoms with E-state index in [4.69, 9.17) is 0 Å². The summed E-state index contributed by atoms with van der Waals surface area (Å²) in [6.07, 6.45) is 3.59. The van der Waals surface area contributed by atoms with E-state index in [0.29, 0.717) is 19.0 Å². The third-order valence-corrected chi connectivity index (χ3v) is 4.37. The average molecular weight is 280 g/mol. The van der Waals surface area contributed by atoms with Crippen molar-refractivity contribution < 1.29 is 9.59 Å². The van der Waals surface area contributed by atoms with E-state index in [2.05, 4.69) is 14.8 Å². The predicted octanol–water partition coefficient (Wildman–Crippen LogP) is 1.16. The molecule has 0 N–H and O–H groups in total. The maximum absolute atomic E-state index is 12.0. The first-order valence-corrected chi connectivity index (χ1v) is 7.53. The number of likely N-dealkylation sites (tertiary alicyclic amines) is 1. The molecule has 6 nitrogen and oxygen atoms in total. The molecule has 1 aromatic heterocycles. The van der Waals surface area contributed by atoms with Gasteiger partial charge >= 0.3 is 0 Å². The van der Waals surface area contributed by atoms with Crippen LogP contribution in [0.3, 0.4) is 0 Å². The summed E-state index contributed by atoms with van der Waals surface area (Å²) in [6.45, 7) is 2.49. The Labute approximate surface area is 115 Å². The van der Waals surface area contributed by atoms with Gasteiger partial charge in [-0.2, -0.15) is 0 Å². The normalized spacial score (nSPS) is 19.2. The SMILES string of the molecule is Cc1nnc(SCC(=O)N2CCCC2=O)n1C1CC1. The minimum absolute atomic E-state index is 0.0505. The smallest absolute Gasteiger partial charge is 0.239 e. The lowest BCUT2D eigenvalue weighted by Crippen LogP contribution is -2.33. The summed E-state index contributed by atoms with van der Waals surface area (Å²) < 4.78 is 2.10. The summed E-state index contributed by atoms with van der Waals surface area (Å²) >= 11 is 1.38. The van der Waals surface area contributed by atoms with Crippen LogP contribution in [-0.2, 0) is 9.59 Å². The van der Waals surface area contributed by atoms with E-state index in [1.807, 2.05) is 6.92 Å². The second kappa shape index (κ2) is 4.96. The van der Waals surface area contributed by atoms with Crippen LogP contribution >= 0.6 is 11.8 Å². The lowest BCUT2D eigenvalue weighted by Gasteiger charge is -2.13. The summed E-state index contributed by atoms with van der Waals surface area (Å²) in [5, 5.41) is 8.98. The van der Waals surface area contributed by atoms with Gasteiger partial charge in [0.2, 0.25) is 11.8 Å². The highest BCUT2D eigenvalue weighted by Gasteiger charge is 2.30. The second-order valence-corrected chi connectivity index (χ2v) is 5.90. The number of carbonyl (C=O) groups excluding carboxylic acids is 2. The van der Waals surface area contributed by atoms with Gasteiger partial charge in [-0.05, 0) is 26.2 Å². The quantitative estimate of drug-likeness (QED) is 0.774. The van der Waals surface area contributed by atoms with Gasteiger partial charge in [0.05, 0.1) is 5.75 Å². The van der Waals surface area contributed by atoms with E-state index in [-0.39, 0.29) is 17.6 Å². The van der Waals surface area contributed by atoms with Crippen LogP contribution in [-0.4, -0.2) is 43.8 Å². The van der Waals surface area contributed by atoms with Gasteiger partial charge in [-0.3, -0.25) is 14.5 Å². The lowest BCUT2D eigenvalue weighted by atomic mass is 10.4. The molecule has 1 saturated carbocycles. The number of aryl methyl sites for hydroxylation is 1. The fourth-order valence-corrected chi connectivity index (χ4v) is 3.24. The molecular weight excluding hydrogens is 264 g/mol. The van der Waals surface area contributed by atoms with Gasteiger partial charge in [-0.1, -0.05) is 11.8 Å². The van der Waals surface area contributed by atoms with Gasteiger partial charge in [0.25, 0.3) is 0 Å². The van der Waals surface area contributed by atoms with Crippen molar-refractivity contribution in [1.29, 1.82) is 0 Å². The number of carbonyl (C=O) groups is 2. The third-order valence-electron chi connectivity index (χ3n) is 3.45. The molecule has 0 atom stereocenters. The highest BCUT2D eigenvalue weighted by molar-refractivity contribution is 7.99. The van der Waals surface area contributed by atoms with Crippen molar-refractivity contribution in [3.8, 4) is 0 Å². The fraction of sp³-hybridized carbons (Fsp3) is 0.667. The Morgan fingerprint density at radius 2 is 2.21 bits per heavy atom. The number of nitrogens with zero attached hydrogens (tertiary/aromatic N) is 4. The first-order chi connectivity index (χ1) is 9.16. The lowest BCUT2D eigenvalue weighted by molar-refractivity contribution is -0.140. The van der Waals surface area contributed by atoms with E-state index in [1.54, 1.807) is 0 Å². The number of amides is 2. The Bertz CT molecular complexity index is 524. The van der Waals surface area contributed by atoms with Crippen molar-refractivity contribution >= 4 is 23.6 Å². The molecule has 1 saturated heterocycles. The van der Waals surface area contributed by atoms with Crippen LogP contribution in [0.15, 0.2) is 5.16 Å². The van der Waals surface area contributed by atoms with Crippen LogP contribution in [0.1, 0.15) is 37.5 Å². The summed E-state index contributed by atoms with van der Waals surface area (Å²) in [5.41, 5.74) is 0. The molecule has 1 aromatic rings. The second-order valence-electron chi connectivity index (χ2n) is 4.96. The van der Waals surface area contributed by atoms with E-state index in [9.17, 15) is 9.59 Å². The average Bonchev–Trinajstić information content (AvgIpc) is 3.02. The van der Waals surface area contributed by atoms with Crippen LogP contribution in [0.4, 0.5) is 0 Å². The molecule has 3 rings (SSSR count). The van der Waals surface area contributed by atoms with Gasteiger partial charge in [0, 0.05) is 19.0 Å². The molecule has 1 aliphatic carbocycles. The Kier molecular flexibility index (Phi) is 3.30. The molecule has 19 heavy (non-hydrogen) atoms. The van der Waals surface area contributed by atoms with Crippen molar-refractivity contribution in [2.45, 2.75) is 43.8 Å². The number of hydrogen-bond acceptors (Lipinski definition) is 5. The molecule has 2 amide bonds. The summed E-state index contributed by atoms with van der Waals surface area (Å²) in [4.78, 5) is 24.8. The summed E-state index contributed by atoms with van der Waals surface area (Å²) in [6, 6.07) is 0.501. The molecule has 0 bridgehead atoms. The van der Waals surface area contributed by atoms with Gasteiger partial charge in [-0.15, -0.1) is 10.2 Å². The summed E-state index contributed by atoms with van der Waals surface area (Å²) in [7, 11) is 0. The van der Waals surface area contributed by atoms with Gasteiger partial charge in [0.1, 0.15) is 5.82 Å². The molecule has 102 valence electrons. The molecule has 0 aromatic carbocycles. The first kappa shape index (κ1) is 12.7. The van der Waals surface area contributed by atoms with Gasteiger partial charge in [0.15, 0.2) is 5.16 Å². The molecule has 0 radical (unpaired) electrons. The van der Waals surface area contributed by atoms with E-state index in [0.717, 1.165) is 30.2 Å². The highest BCUT2D eigenvalue weighted by atomic mass is 32.2. The van der Waals surface area contributed by atoms with Crippen LogP contribution in [0.25, 0.3) is 0 Å². The monoisotopic (exact) mass is 280 g/mol. The summed E-state index contributed by atoms with van der Waals surface area (Å²) in [5.74, 6) is 0.993. The van der Waals surface area contributed by atoms with Crippen LogP contribution < -0.4 is 0 Å². The number of hydrogen-bond donors (Lipinski definition) is 0. The minimum atomic E-state index is -0.115. The van der Waals surface area contributed by atoms with Crippen molar-refractivity contribution in [2.24, 2.45) is 0 Å². The van der Waals surface area contributed by atoms with E-state index < -0.39 is 0 Å². The van der Waals surface area contributed by atoms with Crippen LogP contribution in [0.5, 0.6) is 0 Å². The van der Waals surface area contributed by atoms with Crippen molar-refractivity contribution in [2.75, 3.05) is 12.3 Å². The maximum atomic E-state index is 12.0. The number of aromatic nitrogens is 3. The molecule has 1 aliphatic heterocycles. The Balaban J connectivity index is 1.63. The van der Waals surface area contributed by atoms with Crippen LogP contribution in [0, 0.1) is 6.92 Å². The van der Waals surface area contributed by atoms with Gasteiger partial charge in [-0.25, -0.2) is 0 Å². The Hall–Kier alpha value is -1.37. The highest BCUT2D eigenvalue weighted by Crippen LogP contribution is 2.38. The standard InChI is InChI=1S/C12H16N4O2S/c1-8-13-14-12(16(8)9-4-5-9)19-7-11(18)15-6-2-3-10(15)17/h9H,2-7H2,1H3. The Morgan fingerprint density at radius 3 is 2.84 bits per heavy atom. The first-order valence-electron chi connectivity index (χ1n) is 6.54. The minimum Gasteiger partial charge on any atom is -0.303 e. The zero-order valence-corrected chi connectivity index (χ0v) is 11.7. The zero-order chi connectivity index (χ0) is 13.4. The molecular formula is C12H16N4O2S. The predicted molar refractivity (Wildman–Crippen MR) is 69.7 cm³/mol. The maximum Gasteiger partial charge on any atom is 0.239 e. The molecule has 2 heterocycles. The number of rotatable bonds is 4. The zero-order valence-electron chi connectivity index (χ0n) is 10.8.